The van der Waals surface area contributed by atoms with Gasteiger partial charge in [-0.15, -0.1) is 0 Å². The van der Waals surface area contributed by atoms with Crippen molar-refractivity contribution in [3.8, 4) is 11.8 Å². The maximum absolute atomic E-state index is 9.64. The summed E-state index contributed by atoms with van der Waals surface area (Å²) in [5.41, 5.74) is 2.22. The third-order valence-corrected chi connectivity index (χ3v) is 2.55. The van der Waals surface area contributed by atoms with E-state index in [-0.39, 0.29) is 0 Å². The molecule has 2 aliphatic heterocycles. The summed E-state index contributed by atoms with van der Waals surface area (Å²) in [6.45, 7) is 5.48. The van der Waals surface area contributed by atoms with Crippen LogP contribution >= 0.6 is 0 Å². The zero-order valence-corrected chi connectivity index (χ0v) is 10.7. The largest absolute Gasteiger partial charge is 0.378 e. The Hall–Kier alpha value is -1.66. The Morgan fingerprint density at radius 2 is 2.12 bits per heavy atom. The molecular weight excluding hydrogens is 212 g/mol. The first-order valence-electron chi connectivity index (χ1n) is 5.75. The maximum Gasteiger partial charge on any atom is 0.120 e. The van der Waals surface area contributed by atoms with Crippen molar-refractivity contribution in [2.45, 2.75) is 32.4 Å². The fourth-order valence-corrected chi connectivity index (χ4v) is 1.88. The average molecular weight is 230 g/mol. The molecule has 2 heterocycles. The molecule has 0 saturated heterocycles. The van der Waals surface area contributed by atoms with Crippen molar-refractivity contribution in [1.82, 2.24) is 10.2 Å². The summed E-state index contributed by atoms with van der Waals surface area (Å²) >= 11 is 0. The minimum atomic E-state index is -0.959. The van der Waals surface area contributed by atoms with Gasteiger partial charge in [0.1, 0.15) is 5.60 Å². The zero-order chi connectivity index (χ0) is 12.6. The first-order chi connectivity index (χ1) is 7.85. The maximum atomic E-state index is 9.64. The fourth-order valence-electron chi connectivity index (χ4n) is 1.88. The predicted octanol–water partition coefficient (Wildman–Crippen LogP) is 1.35. The molecule has 0 aromatic rings. The molecule has 3 heteroatoms. The molecule has 17 heavy (non-hydrogen) atoms. The van der Waals surface area contributed by atoms with Crippen LogP contribution in [-0.2, 0) is 0 Å². The van der Waals surface area contributed by atoms with Gasteiger partial charge in [-0.05, 0) is 20.8 Å². The number of aliphatic hydroxyl groups is 1. The Morgan fingerprint density at radius 1 is 1.41 bits per heavy atom. The number of fused-ring (bicyclic) bond motifs is 1. The molecule has 0 radical (unpaired) electrons. The van der Waals surface area contributed by atoms with E-state index in [9.17, 15) is 5.11 Å². The van der Waals surface area contributed by atoms with Gasteiger partial charge in [-0.25, -0.2) is 0 Å². The van der Waals surface area contributed by atoms with E-state index in [4.69, 9.17) is 0 Å². The van der Waals surface area contributed by atoms with E-state index in [1.807, 2.05) is 24.3 Å². The monoisotopic (exact) mass is 230 g/mol. The highest BCUT2D eigenvalue weighted by Gasteiger charge is 2.22. The van der Waals surface area contributed by atoms with Gasteiger partial charge in [0.25, 0.3) is 0 Å². The van der Waals surface area contributed by atoms with Crippen molar-refractivity contribution < 1.29 is 5.11 Å². The van der Waals surface area contributed by atoms with Gasteiger partial charge in [0, 0.05) is 36.6 Å². The molecule has 90 valence electrons. The molecule has 2 aliphatic rings. The van der Waals surface area contributed by atoms with Gasteiger partial charge in [-0.3, -0.25) is 0 Å². The van der Waals surface area contributed by atoms with Crippen LogP contribution in [0.2, 0.25) is 0 Å². The van der Waals surface area contributed by atoms with Crippen LogP contribution in [0.25, 0.3) is 0 Å². The molecule has 0 aromatic heterocycles. The van der Waals surface area contributed by atoms with Gasteiger partial charge >= 0.3 is 0 Å². The van der Waals surface area contributed by atoms with Crippen molar-refractivity contribution in [2.75, 3.05) is 7.05 Å². The van der Waals surface area contributed by atoms with E-state index in [0.717, 1.165) is 16.8 Å². The highest BCUT2D eigenvalue weighted by molar-refractivity contribution is 5.59. The van der Waals surface area contributed by atoms with Crippen molar-refractivity contribution in [3.05, 3.63) is 35.3 Å². The average Bonchev–Trinajstić information content (AvgIpc) is 2.53. The van der Waals surface area contributed by atoms with Gasteiger partial charge in [-0.1, -0.05) is 17.9 Å². The predicted molar refractivity (Wildman–Crippen MR) is 68.7 cm³/mol. The molecule has 0 amide bonds. The summed E-state index contributed by atoms with van der Waals surface area (Å²) in [6.07, 6.45) is 6.18. The molecule has 0 bridgehead atoms. The first-order valence-corrected chi connectivity index (χ1v) is 5.75. The second-order valence-electron chi connectivity index (χ2n) is 5.07. The van der Waals surface area contributed by atoms with Crippen molar-refractivity contribution in [1.29, 1.82) is 0 Å². The second kappa shape index (κ2) is 3.97. The fraction of sp³-hybridized carbons (Fsp3) is 0.429. The van der Waals surface area contributed by atoms with Gasteiger partial charge < -0.3 is 15.3 Å². The van der Waals surface area contributed by atoms with Crippen LogP contribution in [0.5, 0.6) is 0 Å². The summed E-state index contributed by atoms with van der Waals surface area (Å²) in [5, 5.41) is 13.0. The topological polar surface area (TPSA) is 35.5 Å². The Labute approximate surface area is 103 Å². The molecule has 0 fully saturated rings. The molecule has 0 saturated carbocycles. The molecule has 0 aliphatic carbocycles. The molecule has 2 N–H and O–H groups in total. The highest BCUT2D eigenvalue weighted by atomic mass is 16.3. The third kappa shape index (κ3) is 2.72. The second-order valence-corrected chi connectivity index (χ2v) is 5.07. The third-order valence-electron chi connectivity index (χ3n) is 2.55. The number of rotatable bonds is 0. The molecular formula is C14H18N2O. The van der Waals surface area contributed by atoms with Gasteiger partial charge in [0.2, 0.25) is 0 Å². The Morgan fingerprint density at radius 3 is 2.76 bits per heavy atom. The lowest BCUT2D eigenvalue weighted by Crippen LogP contribution is -2.21. The van der Waals surface area contributed by atoms with Crippen molar-refractivity contribution in [2.24, 2.45) is 0 Å². The number of allylic oxidation sites excluding steroid dienone is 1. The van der Waals surface area contributed by atoms with E-state index >= 15 is 0 Å². The van der Waals surface area contributed by atoms with Crippen molar-refractivity contribution in [3.63, 3.8) is 0 Å². The Balaban J connectivity index is 2.33. The molecule has 3 nitrogen and oxygen atoms in total. The Bertz CT molecular complexity index is 481. The van der Waals surface area contributed by atoms with E-state index in [0.29, 0.717) is 6.04 Å². The van der Waals surface area contributed by atoms with Gasteiger partial charge in [0.05, 0.1) is 5.70 Å². The SMILES string of the molecule is CC1C=C2C(C#CC(C)(C)O)=CN(C)C=C2N1. The van der Waals surface area contributed by atoms with E-state index in [2.05, 4.69) is 30.2 Å². The van der Waals surface area contributed by atoms with Crippen LogP contribution in [0.15, 0.2) is 35.3 Å². The van der Waals surface area contributed by atoms with E-state index in [1.165, 1.54) is 0 Å². The van der Waals surface area contributed by atoms with E-state index in [1.54, 1.807) is 13.8 Å². The summed E-state index contributed by atoms with van der Waals surface area (Å²) in [4.78, 5) is 1.98. The zero-order valence-electron chi connectivity index (χ0n) is 10.7. The minimum Gasteiger partial charge on any atom is -0.378 e. The molecule has 2 rings (SSSR count). The summed E-state index contributed by atoms with van der Waals surface area (Å²) < 4.78 is 0. The molecule has 0 aromatic carbocycles. The van der Waals surface area contributed by atoms with E-state index < -0.39 is 5.60 Å². The van der Waals surface area contributed by atoms with Gasteiger partial charge in [0.15, 0.2) is 0 Å². The van der Waals surface area contributed by atoms with Crippen LogP contribution in [0, 0.1) is 11.8 Å². The van der Waals surface area contributed by atoms with Crippen LogP contribution < -0.4 is 5.32 Å². The number of nitrogens with one attached hydrogen (secondary N) is 1. The molecule has 1 atom stereocenters. The Kier molecular flexibility index (Phi) is 2.76. The summed E-state index contributed by atoms with van der Waals surface area (Å²) in [5.74, 6) is 5.91. The lowest BCUT2D eigenvalue weighted by Gasteiger charge is -2.19. The summed E-state index contributed by atoms with van der Waals surface area (Å²) in [7, 11) is 1.97. The van der Waals surface area contributed by atoms with Crippen LogP contribution in [-0.4, -0.2) is 28.7 Å². The van der Waals surface area contributed by atoms with Crippen LogP contribution in [0.1, 0.15) is 20.8 Å². The highest BCUT2D eigenvalue weighted by Crippen LogP contribution is 2.28. The number of hydrogen-bond donors (Lipinski definition) is 2. The van der Waals surface area contributed by atoms with Gasteiger partial charge in [-0.2, -0.15) is 0 Å². The first kappa shape index (κ1) is 11.8. The standard InChI is InChI=1S/C14H18N2O/c1-10-7-12-11(5-6-14(2,3)17)8-16(4)9-13(12)15-10/h7-10,15,17H,1-4H3. The van der Waals surface area contributed by atoms with Crippen LogP contribution in [0.3, 0.4) is 0 Å². The smallest absolute Gasteiger partial charge is 0.120 e. The lowest BCUT2D eigenvalue weighted by atomic mass is 10.0. The normalized spacial score (nSPS) is 22.8. The minimum absolute atomic E-state index is 0.329. The number of hydrogen-bond acceptors (Lipinski definition) is 3. The van der Waals surface area contributed by atoms with Crippen LogP contribution in [0.4, 0.5) is 0 Å². The molecule has 0 spiro atoms. The molecule has 1 unspecified atom stereocenters. The summed E-state index contributed by atoms with van der Waals surface area (Å²) in [6, 6.07) is 0.329. The lowest BCUT2D eigenvalue weighted by molar-refractivity contribution is 0.143. The van der Waals surface area contributed by atoms with Crippen molar-refractivity contribution >= 4 is 0 Å². The number of nitrogens with zero attached hydrogens (tertiary/aromatic N) is 1. The quantitative estimate of drug-likeness (QED) is 0.617.